The Hall–Kier alpha value is -2.97. The molecule has 2 aromatic carbocycles. The Kier molecular flexibility index (Phi) is 7.02. The maximum absolute atomic E-state index is 13.2. The van der Waals surface area contributed by atoms with E-state index in [1.54, 1.807) is 23.5 Å². The zero-order valence-electron chi connectivity index (χ0n) is 17.7. The molecular formula is C24H23FN4OS2. The SMILES string of the molecule is CC(Sc1nnc(-c2cccs2)n1Cc1ccccc1)C(=O)NC(C)c1ccc(F)cc1. The highest BCUT2D eigenvalue weighted by molar-refractivity contribution is 8.00. The third kappa shape index (κ3) is 5.26. The predicted molar refractivity (Wildman–Crippen MR) is 127 cm³/mol. The van der Waals surface area contributed by atoms with Crippen molar-refractivity contribution < 1.29 is 9.18 Å². The van der Waals surface area contributed by atoms with Gasteiger partial charge in [-0.2, -0.15) is 0 Å². The van der Waals surface area contributed by atoms with Gasteiger partial charge in [0.15, 0.2) is 11.0 Å². The maximum atomic E-state index is 13.2. The maximum Gasteiger partial charge on any atom is 0.233 e. The lowest BCUT2D eigenvalue weighted by Gasteiger charge is -2.18. The number of aromatic nitrogens is 3. The molecule has 1 N–H and O–H groups in total. The fourth-order valence-corrected chi connectivity index (χ4v) is 4.82. The van der Waals surface area contributed by atoms with Crippen LogP contribution in [-0.4, -0.2) is 25.9 Å². The van der Waals surface area contributed by atoms with Crippen LogP contribution in [-0.2, 0) is 11.3 Å². The standard InChI is InChI=1S/C24H23FN4OS2/c1-16(19-10-12-20(25)13-11-19)26-23(30)17(2)32-24-28-27-22(21-9-6-14-31-21)29(24)15-18-7-4-3-5-8-18/h3-14,16-17H,15H2,1-2H3,(H,26,30). The summed E-state index contributed by atoms with van der Waals surface area (Å²) in [5, 5.41) is 14.1. The number of nitrogens with zero attached hydrogens (tertiary/aromatic N) is 3. The van der Waals surface area contributed by atoms with E-state index in [1.807, 2.05) is 49.6 Å². The van der Waals surface area contributed by atoms with Gasteiger partial charge in [-0.25, -0.2) is 4.39 Å². The smallest absolute Gasteiger partial charge is 0.233 e. The summed E-state index contributed by atoms with van der Waals surface area (Å²) in [5.74, 6) is 0.382. The van der Waals surface area contributed by atoms with Crippen LogP contribution in [0.5, 0.6) is 0 Å². The Morgan fingerprint density at radius 1 is 1.06 bits per heavy atom. The van der Waals surface area contributed by atoms with E-state index in [9.17, 15) is 9.18 Å². The second-order valence-electron chi connectivity index (χ2n) is 7.40. The number of hydrogen-bond donors (Lipinski definition) is 1. The molecule has 0 aliphatic rings. The highest BCUT2D eigenvalue weighted by atomic mass is 32.2. The molecule has 2 unspecified atom stereocenters. The van der Waals surface area contributed by atoms with Crippen molar-refractivity contribution >= 4 is 29.0 Å². The van der Waals surface area contributed by atoms with E-state index in [4.69, 9.17) is 0 Å². The van der Waals surface area contributed by atoms with E-state index < -0.39 is 0 Å². The first-order valence-electron chi connectivity index (χ1n) is 10.2. The number of nitrogens with one attached hydrogen (secondary N) is 1. The van der Waals surface area contributed by atoms with Gasteiger partial charge in [0.1, 0.15) is 5.82 Å². The van der Waals surface area contributed by atoms with Crippen LogP contribution in [0.15, 0.2) is 77.3 Å². The zero-order chi connectivity index (χ0) is 22.5. The normalized spacial score (nSPS) is 13.0. The lowest BCUT2D eigenvalue weighted by molar-refractivity contribution is -0.120. The van der Waals surface area contributed by atoms with Crippen LogP contribution in [0.3, 0.4) is 0 Å². The molecule has 2 aromatic heterocycles. The molecule has 0 saturated heterocycles. The Bertz CT molecular complexity index is 1160. The van der Waals surface area contributed by atoms with Crippen molar-refractivity contribution in [2.24, 2.45) is 0 Å². The molecule has 0 aliphatic carbocycles. The van der Waals surface area contributed by atoms with Crippen LogP contribution >= 0.6 is 23.1 Å². The third-order valence-corrected chi connectivity index (χ3v) is 6.97. The molecule has 2 heterocycles. The summed E-state index contributed by atoms with van der Waals surface area (Å²) in [4.78, 5) is 13.9. The Morgan fingerprint density at radius 3 is 2.50 bits per heavy atom. The minimum Gasteiger partial charge on any atom is -0.349 e. The third-order valence-electron chi connectivity index (χ3n) is 5.02. The number of carbonyl (C=O) groups excluding carboxylic acids is 1. The fraction of sp³-hybridized carbons (Fsp3) is 0.208. The molecule has 4 aromatic rings. The van der Waals surface area contributed by atoms with Gasteiger partial charge in [-0.05, 0) is 48.6 Å². The van der Waals surface area contributed by atoms with Gasteiger partial charge >= 0.3 is 0 Å². The van der Waals surface area contributed by atoms with E-state index in [2.05, 4.69) is 32.2 Å². The average Bonchev–Trinajstić information content (AvgIpc) is 3.45. The highest BCUT2D eigenvalue weighted by Gasteiger charge is 2.22. The van der Waals surface area contributed by atoms with Gasteiger partial charge in [0, 0.05) is 0 Å². The lowest BCUT2D eigenvalue weighted by atomic mass is 10.1. The minimum atomic E-state index is -0.382. The van der Waals surface area contributed by atoms with Crippen molar-refractivity contribution in [3.8, 4) is 10.7 Å². The number of carbonyl (C=O) groups is 1. The molecule has 32 heavy (non-hydrogen) atoms. The number of benzene rings is 2. The largest absolute Gasteiger partial charge is 0.349 e. The van der Waals surface area contributed by atoms with Crippen LogP contribution in [0.1, 0.15) is 31.0 Å². The summed E-state index contributed by atoms with van der Waals surface area (Å²) in [6, 6.07) is 20.1. The number of rotatable bonds is 8. The van der Waals surface area contributed by atoms with Crippen molar-refractivity contribution in [3.05, 3.63) is 89.1 Å². The summed E-state index contributed by atoms with van der Waals surface area (Å²) < 4.78 is 15.2. The number of amides is 1. The molecule has 0 saturated carbocycles. The highest BCUT2D eigenvalue weighted by Crippen LogP contribution is 2.30. The van der Waals surface area contributed by atoms with Gasteiger partial charge in [0.25, 0.3) is 0 Å². The first-order valence-corrected chi connectivity index (χ1v) is 12.0. The van der Waals surface area contributed by atoms with Crippen LogP contribution in [0.2, 0.25) is 0 Å². The summed E-state index contributed by atoms with van der Waals surface area (Å²) in [6.07, 6.45) is 0. The van der Waals surface area contributed by atoms with Crippen molar-refractivity contribution in [1.29, 1.82) is 0 Å². The van der Waals surface area contributed by atoms with Gasteiger partial charge in [-0.15, -0.1) is 21.5 Å². The zero-order valence-corrected chi connectivity index (χ0v) is 19.4. The minimum absolute atomic E-state index is 0.112. The van der Waals surface area contributed by atoms with Crippen LogP contribution in [0.25, 0.3) is 10.7 Å². The molecule has 0 spiro atoms. The molecule has 164 valence electrons. The van der Waals surface area contributed by atoms with Gasteiger partial charge in [-0.3, -0.25) is 9.36 Å². The Balaban J connectivity index is 1.51. The Morgan fingerprint density at radius 2 is 1.81 bits per heavy atom. The molecule has 0 radical (unpaired) electrons. The van der Waals surface area contributed by atoms with Crippen molar-refractivity contribution in [3.63, 3.8) is 0 Å². The molecule has 0 bridgehead atoms. The van der Waals surface area contributed by atoms with Gasteiger partial charge < -0.3 is 5.32 Å². The second kappa shape index (κ2) is 10.1. The van der Waals surface area contributed by atoms with Gasteiger partial charge in [0.05, 0.1) is 22.7 Å². The monoisotopic (exact) mass is 466 g/mol. The van der Waals surface area contributed by atoms with Crippen LogP contribution in [0.4, 0.5) is 4.39 Å². The molecule has 8 heteroatoms. The summed E-state index contributed by atoms with van der Waals surface area (Å²) in [6.45, 7) is 4.35. The lowest BCUT2D eigenvalue weighted by Crippen LogP contribution is -2.33. The first kappa shape index (κ1) is 22.2. The van der Waals surface area contributed by atoms with E-state index in [1.165, 1.54) is 23.9 Å². The summed E-state index contributed by atoms with van der Waals surface area (Å²) in [5.41, 5.74) is 1.98. The molecule has 0 fully saturated rings. The van der Waals surface area contributed by atoms with E-state index in [0.29, 0.717) is 11.7 Å². The Labute approximate surface area is 194 Å². The molecule has 5 nitrogen and oxygen atoms in total. The van der Waals surface area contributed by atoms with Crippen LogP contribution < -0.4 is 5.32 Å². The van der Waals surface area contributed by atoms with Gasteiger partial charge in [0.2, 0.25) is 5.91 Å². The van der Waals surface area contributed by atoms with Crippen molar-refractivity contribution in [2.75, 3.05) is 0 Å². The topological polar surface area (TPSA) is 59.8 Å². The van der Waals surface area contributed by atoms with Gasteiger partial charge in [-0.1, -0.05) is 60.3 Å². The van der Waals surface area contributed by atoms with Crippen molar-refractivity contribution in [2.45, 2.75) is 36.8 Å². The predicted octanol–water partition coefficient (Wildman–Crippen LogP) is 5.55. The van der Waals surface area contributed by atoms with E-state index in [-0.39, 0.29) is 23.0 Å². The number of hydrogen-bond acceptors (Lipinski definition) is 5. The van der Waals surface area contributed by atoms with Crippen LogP contribution in [0, 0.1) is 5.82 Å². The molecular weight excluding hydrogens is 443 g/mol. The number of halogens is 1. The quantitative estimate of drug-likeness (QED) is 0.346. The molecule has 1 amide bonds. The molecule has 0 aliphatic heterocycles. The fourth-order valence-electron chi connectivity index (χ4n) is 3.25. The van der Waals surface area contributed by atoms with E-state index in [0.717, 1.165) is 21.8 Å². The number of thiophene rings is 1. The molecule has 2 atom stereocenters. The summed E-state index contributed by atoms with van der Waals surface area (Å²) >= 11 is 2.98. The van der Waals surface area contributed by atoms with E-state index >= 15 is 0 Å². The summed E-state index contributed by atoms with van der Waals surface area (Å²) in [7, 11) is 0. The number of thioether (sulfide) groups is 1. The first-order chi connectivity index (χ1) is 15.5. The van der Waals surface area contributed by atoms with Crippen molar-refractivity contribution in [1.82, 2.24) is 20.1 Å². The molecule has 4 rings (SSSR count). The second-order valence-corrected chi connectivity index (χ2v) is 9.65. The average molecular weight is 467 g/mol.